The number of carbonyl (C=O) groups excluding carboxylic acids is 1. The number of fused-ring (bicyclic) bond motifs is 1. The summed E-state index contributed by atoms with van der Waals surface area (Å²) in [6, 6.07) is 5.83. The number of aromatic nitrogens is 6. The third kappa shape index (κ3) is 3.44. The molecule has 0 unspecified atom stereocenters. The number of rotatable bonds is 4. The van der Waals surface area contributed by atoms with Crippen molar-refractivity contribution in [2.24, 2.45) is 7.05 Å². The molecule has 8 nitrogen and oxygen atoms in total. The van der Waals surface area contributed by atoms with E-state index < -0.39 is 5.82 Å². The summed E-state index contributed by atoms with van der Waals surface area (Å²) in [5, 5.41) is 12.0. The van der Waals surface area contributed by atoms with Crippen LogP contribution >= 0.6 is 11.6 Å². The largest absolute Gasteiger partial charge is 0.289 e. The number of nitrogens with zero attached hydrogens (tertiary/aromatic N) is 6. The van der Waals surface area contributed by atoms with Gasteiger partial charge < -0.3 is 0 Å². The van der Waals surface area contributed by atoms with E-state index in [9.17, 15) is 9.18 Å². The zero-order valence-corrected chi connectivity index (χ0v) is 15.8. The minimum absolute atomic E-state index is 0.148. The number of aryl methyl sites for hydroxylation is 2. The Hall–Kier alpha value is -3.33. The average molecular weight is 400 g/mol. The van der Waals surface area contributed by atoms with Crippen molar-refractivity contribution in [3.8, 4) is 0 Å². The Bertz CT molecular complexity index is 1200. The molecule has 4 aromatic rings. The molecule has 1 amide bonds. The minimum Gasteiger partial charge on any atom is -0.289 e. The molecule has 0 radical (unpaired) electrons. The van der Waals surface area contributed by atoms with Gasteiger partial charge in [0.25, 0.3) is 5.91 Å². The van der Waals surface area contributed by atoms with Gasteiger partial charge in [0, 0.05) is 17.8 Å². The second kappa shape index (κ2) is 7.01. The molecule has 0 bridgehead atoms. The van der Waals surface area contributed by atoms with Crippen LogP contribution in [0.3, 0.4) is 0 Å². The van der Waals surface area contributed by atoms with Gasteiger partial charge in [-0.1, -0.05) is 17.7 Å². The highest BCUT2D eigenvalue weighted by Crippen LogP contribution is 2.20. The number of hydrogen-bond acceptors (Lipinski definition) is 5. The fraction of sp³-hybridized carbons (Fsp3) is 0.167. The maximum absolute atomic E-state index is 13.2. The molecule has 0 fully saturated rings. The maximum Gasteiger partial charge on any atom is 0.258 e. The summed E-state index contributed by atoms with van der Waals surface area (Å²) in [5.74, 6) is -0.620. The fourth-order valence-electron chi connectivity index (χ4n) is 2.85. The monoisotopic (exact) mass is 399 g/mol. The van der Waals surface area contributed by atoms with Gasteiger partial charge in [0.2, 0.25) is 5.95 Å². The number of anilines is 1. The number of halogens is 2. The highest BCUT2D eigenvalue weighted by atomic mass is 35.5. The summed E-state index contributed by atoms with van der Waals surface area (Å²) >= 11 is 6.04. The van der Waals surface area contributed by atoms with Crippen molar-refractivity contribution in [1.29, 1.82) is 0 Å². The van der Waals surface area contributed by atoms with Crippen molar-refractivity contribution in [3.05, 3.63) is 64.5 Å². The first kappa shape index (κ1) is 18.1. The molecule has 0 aliphatic rings. The Labute approximate surface area is 164 Å². The quantitative estimate of drug-likeness (QED) is 0.569. The van der Waals surface area contributed by atoms with Crippen LogP contribution in [0.2, 0.25) is 5.02 Å². The van der Waals surface area contributed by atoms with E-state index in [0.29, 0.717) is 39.4 Å². The van der Waals surface area contributed by atoms with Crippen molar-refractivity contribution in [2.75, 3.05) is 5.32 Å². The van der Waals surface area contributed by atoms with Gasteiger partial charge in [0.15, 0.2) is 5.65 Å². The lowest BCUT2D eigenvalue weighted by molar-refractivity contribution is 0.102. The Kier molecular flexibility index (Phi) is 4.52. The smallest absolute Gasteiger partial charge is 0.258 e. The molecule has 0 saturated carbocycles. The average Bonchev–Trinajstić information content (AvgIpc) is 3.24. The Morgan fingerprint density at radius 3 is 2.93 bits per heavy atom. The maximum atomic E-state index is 13.2. The SMILES string of the molecule is Cc1cc(C(=O)Nc2ncn(Cc3ccc(F)cc3Cl)n2)c2cnn(C)c2n1. The second-order valence-corrected chi connectivity index (χ2v) is 6.68. The van der Waals surface area contributed by atoms with Crippen LogP contribution in [0.15, 0.2) is 36.8 Å². The van der Waals surface area contributed by atoms with E-state index in [-0.39, 0.29) is 11.9 Å². The highest BCUT2D eigenvalue weighted by molar-refractivity contribution is 6.31. The summed E-state index contributed by atoms with van der Waals surface area (Å²) < 4.78 is 16.3. The molecule has 4 rings (SSSR count). The van der Waals surface area contributed by atoms with Crippen molar-refractivity contribution in [2.45, 2.75) is 13.5 Å². The van der Waals surface area contributed by atoms with E-state index in [0.717, 1.165) is 0 Å². The molecule has 3 aromatic heterocycles. The van der Waals surface area contributed by atoms with Crippen LogP contribution < -0.4 is 5.32 Å². The van der Waals surface area contributed by atoms with Gasteiger partial charge in [0.05, 0.1) is 23.7 Å². The first-order valence-corrected chi connectivity index (χ1v) is 8.72. The van der Waals surface area contributed by atoms with Gasteiger partial charge >= 0.3 is 0 Å². The number of carbonyl (C=O) groups is 1. The van der Waals surface area contributed by atoms with Crippen LogP contribution in [0.5, 0.6) is 0 Å². The first-order chi connectivity index (χ1) is 13.4. The lowest BCUT2D eigenvalue weighted by Crippen LogP contribution is -2.14. The predicted octanol–water partition coefficient (Wildman–Crippen LogP) is 2.96. The summed E-state index contributed by atoms with van der Waals surface area (Å²) in [6.45, 7) is 2.10. The Morgan fingerprint density at radius 2 is 2.14 bits per heavy atom. The van der Waals surface area contributed by atoms with Gasteiger partial charge in [-0.05, 0) is 30.7 Å². The van der Waals surface area contributed by atoms with E-state index in [1.54, 1.807) is 30.1 Å². The van der Waals surface area contributed by atoms with E-state index >= 15 is 0 Å². The normalized spacial score (nSPS) is 11.1. The molecule has 28 heavy (non-hydrogen) atoms. The molecule has 10 heteroatoms. The van der Waals surface area contributed by atoms with Crippen LogP contribution in [-0.2, 0) is 13.6 Å². The molecular weight excluding hydrogens is 385 g/mol. The predicted molar refractivity (Wildman–Crippen MR) is 102 cm³/mol. The second-order valence-electron chi connectivity index (χ2n) is 6.27. The van der Waals surface area contributed by atoms with E-state index in [1.165, 1.54) is 23.1 Å². The molecule has 1 N–H and O–H groups in total. The number of amides is 1. The molecular formula is C18H15ClFN7O. The molecule has 0 aliphatic carbocycles. The molecule has 0 spiro atoms. The molecule has 0 aliphatic heterocycles. The lowest BCUT2D eigenvalue weighted by Gasteiger charge is -2.05. The van der Waals surface area contributed by atoms with Gasteiger partial charge in [-0.25, -0.2) is 19.0 Å². The van der Waals surface area contributed by atoms with E-state index in [4.69, 9.17) is 11.6 Å². The van der Waals surface area contributed by atoms with Crippen molar-refractivity contribution < 1.29 is 9.18 Å². The number of hydrogen-bond donors (Lipinski definition) is 1. The standard InChI is InChI=1S/C18H15ClFN7O/c1-10-5-13(14-7-22-26(2)16(14)23-10)17(28)24-18-21-9-27(25-18)8-11-3-4-12(20)6-15(11)19/h3-7,9H,8H2,1-2H3,(H,24,25,28). The summed E-state index contributed by atoms with van der Waals surface area (Å²) in [5.41, 5.74) is 2.45. The van der Waals surface area contributed by atoms with Crippen LogP contribution in [-0.4, -0.2) is 35.4 Å². The third-order valence-corrected chi connectivity index (χ3v) is 4.54. The van der Waals surface area contributed by atoms with Crippen molar-refractivity contribution in [1.82, 2.24) is 29.5 Å². The minimum atomic E-state index is -0.408. The van der Waals surface area contributed by atoms with Gasteiger partial charge in [0.1, 0.15) is 12.1 Å². The molecule has 3 heterocycles. The van der Waals surface area contributed by atoms with E-state index in [1.807, 2.05) is 6.92 Å². The summed E-state index contributed by atoms with van der Waals surface area (Å²) in [4.78, 5) is 21.2. The number of benzene rings is 1. The zero-order valence-electron chi connectivity index (χ0n) is 15.0. The number of nitrogens with one attached hydrogen (secondary N) is 1. The summed E-state index contributed by atoms with van der Waals surface area (Å²) in [7, 11) is 1.76. The van der Waals surface area contributed by atoms with Crippen LogP contribution in [0, 0.1) is 12.7 Å². The summed E-state index contributed by atoms with van der Waals surface area (Å²) in [6.07, 6.45) is 3.06. The first-order valence-electron chi connectivity index (χ1n) is 8.35. The van der Waals surface area contributed by atoms with Crippen LogP contribution in [0.25, 0.3) is 11.0 Å². The van der Waals surface area contributed by atoms with Crippen molar-refractivity contribution >= 4 is 34.5 Å². The van der Waals surface area contributed by atoms with E-state index in [2.05, 4.69) is 25.5 Å². The zero-order chi connectivity index (χ0) is 19.8. The highest BCUT2D eigenvalue weighted by Gasteiger charge is 2.16. The Balaban J connectivity index is 1.55. The number of pyridine rings is 1. The van der Waals surface area contributed by atoms with Gasteiger partial charge in [-0.2, -0.15) is 5.10 Å². The molecule has 0 atom stereocenters. The Morgan fingerprint density at radius 1 is 1.32 bits per heavy atom. The van der Waals surface area contributed by atoms with Gasteiger partial charge in [-0.3, -0.25) is 14.8 Å². The molecule has 0 saturated heterocycles. The third-order valence-electron chi connectivity index (χ3n) is 4.19. The molecule has 1 aromatic carbocycles. The topological polar surface area (TPSA) is 90.5 Å². The van der Waals surface area contributed by atoms with Crippen LogP contribution in [0.1, 0.15) is 21.6 Å². The van der Waals surface area contributed by atoms with Crippen molar-refractivity contribution in [3.63, 3.8) is 0 Å². The van der Waals surface area contributed by atoms with Crippen LogP contribution in [0.4, 0.5) is 10.3 Å². The lowest BCUT2D eigenvalue weighted by atomic mass is 10.1. The van der Waals surface area contributed by atoms with Gasteiger partial charge in [-0.15, -0.1) is 5.10 Å². The fourth-order valence-corrected chi connectivity index (χ4v) is 3.08. The molecule has 142 valence electrons.